The van der Waals surface area contributed by atoms with E-state index in [0.717, 1.165) is 22.3 Å². The number of aromatic nitrogens is 3. The fourth-order valence-corrected chi connectivity index (χ4v) is 11.8. The molecule has 0 aliphatic heterocycles. The van der Waals surface area contributed by atoms with Crippen LogP contribution in [0.15, 0.2) is 188 Å². The largest absolute Gasteiger partial charge is 0.208 e. The Morgan fingerprint density at radius 2 is 0.667 bits per heavy atom. The molecule has 13 rings (SSSR count). The quantitative estimate of drug-likeness (QED) is 0.167. The minimum absolute atomic E-state index is 0.645. The van der Waals surface area contributed by atoms with Gasteiger partial charge in [0.1, 0.15) is 0 Å². The summed E-state index contributed by atoms with van der Waals surface area (Å²) in [5.74, 6) is 1.98. The fraction of sp³-hybridized carbons (Fsp3) is 0. The Labute approximate surface area is 352 Å². The predicted octanol–water partition coefficient (Wildman–Crippen LogP) is 15.9. The third-order valence-electron chi connectivity index (χ3n) is 12.1. The number of benzene rings is 10. The van der Waals surface area contributed by atoms with Gasteiger partial charge in [0.25, 0.3) is 0 Å². The van der Waals surface area contributed by atoms with Gasteiger partial charge in [-0.2, -0.15) is 0 Å². The molecule has 278 valence electrons. The van der Waals surface area contributed by atoms with E-state index in [4.69, 9.17) is 15.0 Å². The Balaban J connectivity index is 1.09. The van der Waals surface area contributed by atoms with Gasteiger partial charge in [0.15, 0.2) is 17.5 Å². The number of hydrogen-bond acceptors (Lipinski definition) is 5. The van der Waals surface area contributed by atoms with E-state index >= 15 is 0 Å². The molecule has 0 N–H and O–H groups in total. The Morgan fingerprint density at radius 1 is 0.283 bits per heavy atom. The molecule has 10 aromatic carbocycles. The average Bonchev–Trinajstić information content (AvgIpc) is 3.91. The second kappa shape index (κ2) is 13.1. The molecule has 0 aliphatic carbocycles. The molecule has 0 spiro atoms. The lowest BCUT2D eigenvalue weighted by atomic mass is 9.93. The third-order valence-corrected chi connectivity index (χ3v) is 14.5. The van der Waals surface area contributed by atoms with E-state index < -0.39 is 0 Å². The van der Waals surface area contributed by atoms with Crippen LogP contribution in [0.25, 0.3) is 129 Å². The first kappa shape index (κ1) is 33.6. The lowest BCUT2D eigenvalue weighted by Gasteiger charge is -2.13. The number of rotatable bonds is 4. The summed E-state index contributed by atoms with van der Waals surface area (Å²) in [6.07, 6.45) is 0. The molecular weight excluding hydrogens is 767 g/mol. The van der Waals surface area contributed by atoms with Gasteiger partial charge in [-0.25, -0.2) is 15.0 Å². The Morgan fingerprint density at radius 3 is 1.22 bits per heavy atom. The lowest BCUT2D eigenvalue weighted by molar-refractivity contribution is 1.08. The summed E-state index contributed by atoms with van der Waals surface area (Å²) < 4.78 is 4.99. The Kier molecular flexibility index (Phi) is 7.35. The van der Waals surface area contributed by atoms with Crippen LogP contribution in [0.2, 0.25) is 0 Å². The molecule has 0 aliphatic rings. The van der Waals surface area contributed by atoms with Crippen molar-refractivity contribution in [2.45, 2.75) is 0 Å². The van der Waals surface area contributed by atoms with Crippen LogP contribution in [0.5, 0.6) is 0 Å². The second-order valence-electron chi connectivity index (χ2n) is 15.5. The summed E-state index contributed by atoms with van der Waals surface area (Å²) in [5.41, 5.74) is 5.32. The van der Waals surface area contributed by atoms with Gasteiger partial charge in [-0.15, -0.1) is 22.7 Å². The first-order valence-electron chi connectivity index (χ1n) is 20.2. The first-order valence-corrected chi connectivity index (χ1v) is 21.8. The monoisotopic (exact) mass is 797 g/mol. The van der Waals surface area contributed by atoms with Crippen LogP contribution >= 0.6 is 22.7 Å². The van der Waals surface area contributed by atoms with Gasteiger partial charge in [-0.1, -0.05) is 158 Å². The summed E-state index contributed by atoms with van der Waals surface area (Å²) in [5, 5.41) is 14.6. The van der Waals surface area contributed by atoms with Gasteiger partial charge in [-0.05, 0) is 84.5 Å². The lowest BCUT2D eigenvalue weighted by Crippen LogP contribution is -2.01. The SMILES string of the molecule is c1ccc2c(c1)cc(-c1ccc(-c3nc(-c4cc5ccccc5c5sc6ccccc6c45)nc(-c4cc5ccccc5c5sc6ccccc6c45)n3)cc1)c1ccccc12. The van der Waals surface area contributed by atoms with Gasteiger partial charge >= 0.3 is 0 Å². The highest BCUT2D eigenvalue weighted by atomic mass is 32.1. The van der Waals surface area contributed by atoms with E-state index in [0.29, 0.717) is 17.5 Å². The predicted molar refractivity (Wildman–Crippen MR) is 257 cm³/mol. The molecule has 0 unspecified atom stereocenters. The fourth-order valence-electron chi connectivity index (χ4n) is 9.31. The Bertz CT molecular complexity index is 3730. The van der Waals surface area contributed by atoms with Crippen molar-refractivity contribution in [3.8, 4) is 45.3 Å². The average molecular weight is 798 g/mol. The highest BCUT2D eigenvalue weighted by Crippen LogP contribution is 2.46. The van der Waals surface area contributed by atoms with Crippen LogP contribution in [-0.4, -0.2) is 15.0 Å². The first-order chi connectivity index (χ1) is 29.7. The van der Waals surface area contributed by atoms with Gasteiger partial charge in [-0.3, -0.25) is 0 Å². The Hall–Kier alpha value is -7.31. The van der Waals surface area contributed by atoms with Crippen molar-refractivity contribution in [1.82, 2.24) is 15.0 Å². The third kappa shape index (κ3) is 5.10. The summed E-state index contributed by atoms with van der Waals surface area (Å²) in [6, 6.07) is 67.8. The van der Waals surface area contributed by atoms with E-state index in [1.165, 1.54) is 89.0 Å². The maximum atomic E-state index is 5.50. The normalized spacial score (nSPS) is 12.0. The molecule has 0 amide bonds. The maximum Gasteiger partial charge on any atom is 0.164 e. The molecule has 0 radical (unpaired) electrons. The topological polar surface area (TPSA) is 38.7 Å². The summed E-state index contributed by atoms with van der Waals surface area (Å²) in [6.45, 7) is 0. The van der Waals surface area contributed by atoms with Crippen LogP contribution in [0, 0.1) is 0 Å². The van der Waals surface area contributed by atoms with E-state index in [1.807, 2.05) is 22.7 Å². The maximum absolute atomic E-state index is 5.50. The smallest absolute Gasteiger partial charge is 0.164 e. The van der Waals surface area contributed by atoms with Crippen LogP contribution in [-0.2, 0) is 0 Å². The summed E-state index contributed by atoms with van der Waals surface area (Å²) >= 11 is 3.68. The highest BCUT2D eigenvalue weighted by molar-refractivity contribution is 7.27. The molecular formula is C55H31N3S2. The van der Waals surface area contributed by atoms with Gasteiger partial charge < -0.3 is 0 Å². The molecule has 0 saturated heterocycles. The zero-order chi connectivity index (χ0) is 39.3. The van der Waals surface area contributed by atoms with E-state index in [1.54, 1.807) is 0 Å². The molecule has 5 heteroatoms. The van der Waals surface area contributed by atoms with Crippen LogP contribution < -0.4 is 0 Å². The zero-order valence-corrected chi connectivity index (χ0v) is 33.7. The van der Waals surface area contributed by atoms with Crippen molar-refractivity contribution in [2.24, 2.45) is 0 Å². The van der Waals surface area contributed by atoms with Crippen molar-refractivity contribution >= 4 is 106 Å². The molecule has 3 aromatic heterocycles. The molecule has 0 fully saturated rings. The molecule has 0 atom stereocenters. The minimum atomic E-state index is 0.645. The molecule has 13 aromatic rings. The van der Waals surface area contributed by atoms with Crippen molar-refractivity contribution in [1.29, 1.82) is 0 Å². The summed E-state index contributed by atoms with van der Waals surface area (Å²) in [7, 11) is 0. The van der Waals surface area contributed by atoms with E-state index in [-0.39, 0.29) is 0 Å². The minimum Gasteiger partial charge on any atom is -0.208 e. The molecule has 0 bridgehead atoms. The van der Waals surface area contributed by atoms with Crippen LogP contribution in [0.3, 0.4) is 0 Å². The number of fused-ring (bicyclic) bond motifs is 13. The molecule has 60 heavy (non-hydrogen) atoms. The standard InChI is InChI=1S/C55H31N3S2/c1-4-16-37-34(13-1)29-44(41-20-8-7-19-40(37)41)32-25-27-33(28-26-32)53-56-54(45-30-35-14-2-5-17-38(35)51-49(45)42-21-9-11-23-47(42)59-51)58-55(57-53)46-31-36-15-3-6-18-39(36)52-50(46)43-22-10-12-24-48(43)60-52/h1-31H. The number of nitrogens with zero attached hydrogens (tertiary/aromatic N) is 3. The molecule has 3 heterocycles. The summed E-state index contributed by atoms with van der Waals surface area (Å²) in [4.78, 5) is 16.3. The number of hydrogen-bond donors (Lipinski definition) is 0. The van der Waals surface area contributed by atoms with Crippen LogP contribution in [0.4, 0.5) is 0 Å². The van der Waals surface area contributed by atoms with Crippen molar-refractivity contribution < 1.29 is 0 Å². The molecule has 0 saturated carbocycles. The van der Waals surface area contributed by atoms with Crippen LogP contribution in [0.1, 0.15) is 0 Å². The van der Waals surface area contributed by atoms with Gasteiger partial charge in [0.2, 0.25) is 0 Å². The van der Waals surface area contributed by atoms with Gasteiger partial charge in [0.05, 0.1) is 0 Å². The van der Waals surface area contributed by atoms with Gasteiger partial charge in [0, 0.05) is 57.0 Å². The van der Waals surface area contributed by atoms with Crippen molar-refractivity contribution in [2.75, 3.05) is 0 Å². The van der Waals surface area contributed by atoms with Crippen molar-refractivity contribution in [3.63, 3.8) is 0 Å². The zero-order valence-electron chi connectivity index (χ0n) is 32.1. The van der Waals surface area contributed by atoms with Crippen molar-refractivity contribution in [3.05, 3.63) is 188 Å². The number of thiophene rings is 2. The molecule has 3 nitrogen and oxygen atoms in total. The second-order valence-corrected chi connectivity index (χ2v) is 17.6. The van der Waals surface area contributed by atoms with E-state index in [9.17, 15) is 0 Å². The highest BCUT2D eigenvalue weighted by Gasteiger charge is 2.22. The van der Waals surface area contributed by atoms with E-state index in [2.05, 4.69) is 188 Å².